The number of ether oxygens (including phenoxy) is 1. The Morgan fingerprint density at radius 1 is 1.10 bits per heavy atom. The Balaban J connectivity index is 0. The van der Waals surface area contributed by atoms with Crippen molar-refractivity contribution in [3.63, 3.8) is 0 Å². The topological polar surface area (TPSA) is 26.3 Å². The summed E-state index contributed by atoms with van der Waals surface area (Å²) in [5.74, 6) is -0.0345. The molecule has 3 nitrogen and oxygen atoms in total. The summed E-state index contributed by atoms with van der Waals surface area (Å²) in [5, 5.41) is 0. The molecule has 0 amide bonds. The van der Waals surface area contributed by atoms with E-state index in [1.165, 1.54) is 25.7 Å². The molecule has 0 aromatic heterocycles. The third-order valence-electron chi connectivity index (χ3n) is 3.85. The van der Waals surface area contributed by atoms with Crippen LogP contribution in [0.2, 0.25) is 0 Å². The largest absolute Gasteiger partial charge is 0.460 e. The molecule has 0 aromatic rings. The predicted molar refractivity (Wildman–Crippen MR) is 95.9 cm³/mol. The van der Waals surface area contributed by atoms with E-state index in [0.29, 0.717) is 13.0 Å². The van der Waals surface area contributed by atoms with Gasteiger partial charge in [0.2, 0.25) is 0 Å². The van der Waals surface area contributed by atoms with Gasteiger partial charge in [-0.05, 0) is 26.2 Å². The Morgan fingerprint density at radius 3 is 2.24 bits per heavy atom. The van der Waals surface area contributed by atoms with E-state index in [1.807, 2.05) is 6.08 Å². The normalized spacial score (nSPS) is 10.8. The van der Waals surface area contributed by atoms with Crippen LogP contribution in [0.3, 0.4) is 0 Å². The number of nitrogens with zero attached hydrogens (tertiary/aromatic N) is 1. The highest BCUT2D eigenvalue weighted by Crippen LogP contribution is 2.09. The Hall–Kier alpha value is -0.350. The van der Waals surface area contributed by atoms with Crippen molar-refractivity contribution in [2.24, 2.45) is 0 Å². The summed E-state index contributed by atoms with van der Waals surface area (Å²) < 4.78 is 6.17. The fraction of sp³-hybridized carbons (Fsp3) is 0.824. The molecule has 0 aromatic carbocycles. The number of halogens is 1. The molecule has 0 fully saturated rings. The van der Waals surface area contributed by atoms with Gasteiger partial charge in [-0.3, -0.25) is 4.79 Å². The van der Waals surface area contributed by atoms with Gasteiger partial charge in [-0.15, -0.1) is 23.6 Å². The van der Waals surface area contributed by atoms with E-state index in [1.54, 1.807) is 0 Å². The Labute approximate surface area is 142 Å². The zero-order chi connectivity index (χ0) is 15.3. The minimum Gasteiger partial charge on any atom is -0.460 e. The summed E-state index contributed by atoms with van der Waals surface area (Å²) in [7, 11) is 4.31. The van der Waals surface area contributed by atoms with E-state index in [9.17, 15) is 4.79 Å². The fourth-order valence-electron chi connectivity index (χ4n) is 1.90. The fourth-order valence-corrected chi connectivity index (χ4v) is 1.90. The maximum atomic E-state index is 11.6. The first kappa shape index (κ1) is 22.9. The second kappa shape index (κ2) is 14.6. The van der Waals surface area contributed by atoms with Gasteiger partial charge in [0.1, 0.15) is 13.2 Å². The van der Waals surface area contributed by atoms with E-state index in [0.717, 1.165) is 36.8 Å². The highest BCUT2D eigenvalue weighted by atomic mass is 79.9. The average molecular weight is 365 g/mol. The van der Waals surface area contributed by atoms with Gasteiger partial charge in [-0.1, -0.05) is 31.8 Å². The van der Waals surface area contributed by atoms with Crippen LogP contribution in [-0.2, 0) is 9.53 Å². The van der Waals surface area contributed by atoms with Gasteiger partial charge in [0.25, 0.3) is 0 Å². The standard InChI is InChI=1S/C17H34NO2.BrH/c1-5-7-8-9-10-11-12-13-14-17(19)20-16-15-18(3,4)6-2;/h5H,1,6-16H2,2-4H3;1H/q+1;. The van der Waals surface area contributed by atoms with E-state index in [4.69, 9.17) is 4.74 Å². The van der Waals surface area contributed by atoms with Gasteiger partial charge >= 0.3 is 5.97 Å². The van der Waals surface area contributed by atoms with Gasteiger partial charge in [0.15, 0.2) is 0 Å². The summed E-state index contributed by atoms with van der Waals surface area (Å²) in [6, 6.07) is 0. The zero-order valence-corrected chi connectivity index (χ0v) is 15.9. The number of allylic oxidation sites excluding steroid dienone is 1. The Morgan fingerprint density at radius 2 is 1.67 bits per heavy atom. The van der Waals surface area contributed by atoms with Crippen LogP contribution < -0.4 is 0 Å². The molecule has 0 unspecified atom stereocenters. The van der Waals surface area contributed by atoms with Gasteiger partial charge < -0.3 is 9.22 Å². The van der Waals surface area contributed by atoms with Crippen molar-refractivity contribution in [3.8, 4) is 0 Å². The molecule has 21 heavy (non-hydrogen) atoms. The molecular formula is C17H35BrNO2+. The zero-order valence-electron chi connectivity index (χ0n) is 14.2. The van der Waals surface area contributed by atoms with Crippen LogP contribution in [0.25, 0.3) is 0 Å². The van der Waals surface area contributed by atoms with E-state index < -0.39 is 0 Å². The predicted octanol–water partition coefficient (Wildman–Crippen LogP) is 4.51. The van der Waals surface area contributed by atoms with Crippen LogP contribution in [0, 0.1) is 0 Å². The lowest BCUT2D eigenvalue weighted by Gasteiger charge is -2.27. The lowest BCUT2D eigenvalue weighted by atomic mass is 10.1. The number of likely N-dealkylation sites (N-methyl/N-ethyl adjacent to an activating group) is 1. The van der Waals surface area contributed by atoms with Crippen molar-refractivity contribution in [3.05, 3.63) is 12.7 Å². The summed E-state index contributed by atoms with van der Waals surface area (Å²) in [4.78, 5) is 11.6. The second-order valence-electron chi connectivity index (χ2n) is 6.14. The number of quaternary nitrogens is 1. The Kier molecular flexibility index (Phi) is 15.9. The molecule has 126 valence electrons. The molecular weight excluding hydrogens is 330 g/mol. The molecule has 0 aliphatic heterocycles. The third kappa shape index (κ3) is 15.9. The molecule has 0 aliphatic rings. The summed E-state index contributed by atoms with van der Waals surface area (Å²) >= 11 is 0. The maximum Gasteiger partial charge on any atom is 0.305 e. The van der Waals surface area contributed by atoms with Crippen molar-refractivity contribution in [2.45, 2.75) is 58.3 Å². The first-order valence-corrected chi connectivity index (χ1v) is 8.10. The number of rotatable bonds is 13. The van der Waals surface area contributed by atoms with Crippen LogP contribution in [0.4, 0.5) is 0 Å². The van der Waals surface area contributed by atoms with Crippen LogP contribution in [0.5, 0.6) is 0 Å². The molecule has 0 heterocycles. The van der Waals surface area contributed by atoms with Crippen molar-refractivity contribution in [1.82, 2.24) is 0 Å². The summed E-state index contributed by atoms with van der Waals surface area (Å²) in [5.41, 5.74) is 0. The lowest BCUT2D eigenvalue weighted by Crippen LogP contribution is -2.42. The molecule has 0 saturated heterocycles. The number of unbranched alkanes of at least 4 members (excludes halogenated alkanes) is 6. The van der Waals surface area contributed by atoms with Gasteiger partial charge in [-0.25, -0.2) is 0 Å². The SMILES string of the molecule is Br.C=CCCCCCCCCC(=O)OCC[N+](C)(C)CC. The lowest BCUT2D eigenvalue weighted by molar-refractivity contribution is -0.888. The molecule has 0 aliphatic carbocycles. The summed E-state index contributed by atoms with van der Waals surface area (Å²) in [6.45, 7) is 8.37. The van der Waals surface area contributed by atoms with Gasteiger partial charge in [0.05, 0.1) is 20.6 Å². The Bertz CT molecular complexity index is 268. The molecule has 0 N–H and O–H groups in total. The van der Waals surface area contributed by atoms with E-state index in [-0.39, 0.29) is 23.0 Å². The maximum absolute atomic E-state index is 11.6. The van der Waals surface area contributed by atoms with Crippen molar-refractivity contribution >= 4 is 23.0 Å². The number of carbonyl (C=O) groups is 1. The summed E-state index contributed by atoms with van der Waals surface area (Å²) in [6.07, 6.45) is 10.8. The average Bonchev–Trinajstić information content (AvgIpc) is 2.41. The number of esters is 1. The number of carbonyl (C=O) groups excluding carboxylic acids is 1. The van der Waals surface area contributed by atoms with Gasteiger partial charge in [0, 0.05) is 6.42 Å². The highest BCUT2D eigenvalue weighted by Gasteiger charge is 2.12. The van der Waals surface area contributed by atoms with Crippen LogP contribution >= 0.6 is 17.0 Å². The molecule has 0 saturated carbocycles. The molecule has 0 spiro atoms. The molecule has 0 atom stereocenters. The first-order valence-electron chi connectivity index (χ1n) is 8.10. The second-order valence-corrected chi connectivity index (χ2v) is 6.14. The molecule has 0 radical (unpaired) electrons. The van der Waals surface area contributed by atoms with E-state index in [2.05, 4.69) is 27.6 Å². The van der Waals surface area contributed by atoms with Crippen molar-refractivity contribution in [2.75, 3.05) is 33.8 Å². The minimum atomic E-state index is -0.0345. The third-order valence-corrected chi connectivity index (χ3v) is 3.85. The van der Waals surface area contributed by atoms with E-state index >= 15 is 0 Å². The number of hydrogen-bond donors (Lipinski definition) is 0. The monoisotopic (exact) mass is 364 g/mol. The molecule has 0 bridgehead atoms. The first-order chi connectivity index (χ1) is 9.52. The van der Waals surface area contributed by atoms with Crippen LogP contribution in [0.15, 0.2) is 12.7 Å². The highest BCUT2D eigenvalue weighted by molar-refractivity contribution is 8.93. The smallest absolute Gasteiger partial charge is 0.305 e. The number of hydrogen-bond acceptors (Lipinski definition) is 2. The van der Waals surface area contributed by atoms with Gasteiger partial charge in [-0.2, -0.15) is 0 Å². The van der Waals surface area contributed by atoms with Crippen LogP contribution in [0.1, 0.15) is 58.3 Å². The quantitative estimate of drug-likeness (QED) is 0.208. The molecule has 0 rings (SSSR count). The van der Waals surface area contributed by atoms with Crippen molar-refractivity contribution < 1.29 is 14.0 Å². The van der Waals surface area contributed by atoms with Crippen molar-refractivity contribution in [1.29, 1.82) is 0 Å². The minimum absolute atomic E-state index is 0. The molecule has 4 heteroatoms. The van der Waals surface area contributed by atoms with Crippen LogP contribution in [-0.4, -0.2) is 44.2 Å².